The van der Waals surface area contributed by atoms with E-state index in [4.69, 9.17) is 22.1 Å². The predicted molar refractivity (Wildman–Crippen MR) is 140 cm³/mol. The van der Waals surface area contributed by atoms with Crippen LogP contribution in [0.1, 0.15) is 50.0 Å². The standard InChI is InChI=1S/C27H36ClN3O5/c1-5-17(4)24(27(34)35)31-26(33)22(13-18-9-7-6-8-10-18)30-25(32)20-12-11-19(28)14-23(20)36-15-21(29)16(2)3/h6-12,14,16-17,21-22,24H,5,13,15,29H2,1-4H3,(H,30,32)(H,31,33)(H,34,35)/t17-,21+,22-,24-/m0/s1. The number of carboxylic acids is 1. The Morgan fingerprint density at radius 2 is 1.72 bits per heavy atom. The Labute approximate surface area is 217 Å². The molecule has 0 saturated carbocycles. The molecule has 0 bridgehead atoms. The third kappa shape index (κ3) is 8.53. The molecule has 0 heterocycles. The molecule has 0 saturated heterocycles. The Kier molecular flexibility index (Phi) is 11.2. The molecule has 0 fully saturated rings. The van der Waals surface area contributed by atoms with Crippen LogP contribution in [-0.2, 0) is 16.0 Å². The number of hydrogen-bond acceptors (Lipinski definition) is 5. The average Bonchev–Trinajstić information content (AvgIpc) is 2.85. The summed E-state index contributed by atoms with van der Waals surface area (Å²) in [4.78, 5) is 38.3. The molecule has 0 aliphatic rings. The lowest BCUT2D eigenvalue weighted by molar-refractivity contribution is -0.143. The third-order valence-corrected chi connectivity index (χ3v) is 6.39. The molecule has 0 unspecified atom stereocenters. The Morgan fingerprint density at radius 1 is 1.06 bits per heavy atom. The van der Waals surface area contributed by atoms with Crippen molar-refractivity contribution in [2.75, 3.05) is 6.61 Å². The monoisotopic (exact) mass is 517 g/mol. The van der Waals surface area contributed by atoms with Crippen LogP contribution in [0.25, 0.3) is 0 Å². The quantitative estimate of drug-likeness (QED) is 0.321. The van der Waals surface area contributed by atoms with Gasteiger partial charge >= 0.3 is 5.97 Å². The predicted octanol–water partition coefficient (Wildman–Crippen LogP) is 3.66. The van der Waals surface area contributed by atoms with Gasteiger partial charge in [0.05, 0.1) is 5.56 Å². The van der Waals surface area contributed by atoms with Crippen molar-refractivity contribution >= 4 is 29.4 Å². The van der Waals surface area contributed by atoms with Crippen LogP contribution in [-0.4, -0.2) is 47.6 Å². The SMILES string of the molecule is CC[C@H](C)[C@H](NC(=O)[C@H](Cc1ccccc1)NC(=O)c1ccc(Cl)cc1OC[C@@H](N)C(C)C)C(=O)O. The fourth-order valence-corrected chi connectivity index (χ4v) is 3.58. The van der Waals surface area contributed by atoms with Crippen molar-refractivity contribution in [2.24, 2.45) is 17.6 Å². The van der Waals surface area contributed by atoms with Gasteiger partial charge in [-0.2, -0.15) is 0 Å². The van der Waals surface area contributed by atoms with Crippen LogP contribution in [0.5, 0.6) is 5.75 Å². The normalized spacial score (nSPS) is 14.4. The van der Waals surface area contributed by atoms with E-state index in [1.54, 1.807) is 13.0 Å². The summed E-state index contributed by atoms with van der Waals surface area (Å²) in [5.41, 5.74) is 7.08. The molecule has 2 rings (SSSR count). The van der Waals surface area contributed by atoms with Crippen LogP contribution in [0.2, 0.25) is 5.02 Å². The summed E-state index contributed by atoms with van der Waals surface area (Å²) in [6.45, 7) is 7.72. The molecule has 0 aliphatic heterocycles. The van der Waals surface area contributed by atoms with Crippen molar-refractivity contribution in [3.8, 4) is 5.75 Å². The van der Waals surface area contributed by atoms with Gasteiger partial charge in [0.1, 0.15) is 24.4 Å². The average molecular weight is 518 g/mol. The zero-order chi connectivity index (χ0) is 26.8. The van der Waals surface area contributed by atoms with E-state index in [0.29, 0.717) is 11.4 Å². The first-order valence-electron chi connectivity index (χ1n) is 12.1. The van der Waals surface area contributed by atoms with Crippen molar-refractivity contribution in [2.45, 2.75) is 58.7 Å². The molecule has 0 aliphatic carbocycles. The Hall–Kier alpha value is -3.10. The second kappa shape index (κ2) is 13.8. The molecule has 2 aromatic rings. The van der Waals surface area contributed by atoms with E-state index in [-0.39, 0.29) is 42.2 Å². The fourth-order valence-electron chi connectivity index (χ4n) is 3.41. The number of nitrogens with one attached hydrogen (secondary N) is 2. The van der Waals surface area contributed by atoms with Crippen LogP contribution in [0.4, 0.5) is 0 Å². The molecule has 0 aromatic heterocycles. The van der Waals surface area contributed by atoms with Crippen LogP contribution < -0.4 is 21.1 Å². The maximum Gasteiger partial charge on any atom is 0.326 e. The lowest BCUT2D eigenvalue weighted by Gasteiger charge is -2.25. The summed E-state index contributed by atoms with van der Waals surface area (Å²) < 4.78 is 5.82. The van der Waals surface area contributed by atoms with Gasteiger partial charge in [0.2, 0.25) is 5.91 Å². The number of carbonyl (C=O) groups is 3. The number of amides is 2. The number of ether oxygens (including phenoxy) is 1. The lowest BCUT2D eigenvalue weighted by Crippen LogP contribution is -2.54. The van der Waals surface area contributed by atoms with Crippen LogP contribution >= 0.6 is 11.6 Å². The minimum absolute atomic E-state index is 0.174. The van der Waals surface area contributed by atoms with Crippen molar-refractivity contribution in [3.63, 3.8) is 0 Å². The number of carboxylic acid groups (broad SMARTS) is 1. The summed E-state index contributed by atoms with van der Waals surface area (Å²) in [5, 5.41) is 15.4. The maximum atomic E-state index is 13.3. The van der Waals surface area contributed by atoms with Gasteiger partial charge < -0.3 is 26.2 Å². The van der Waals surface area contributed by atoms with Gasteiger partial charge in [-0.3, -0.25) is 9.59 Å². The van der Waals surface area contributed by atoms with Gasteiger partial charge in [0.15, 0.2) is 0 Å². The molecule has 0 spiro atoms. The van der Waals surface area contributed by atoms with E-state index in [0.717, 1.165) is 5.56 Å². The third-order valence-electron chi connectivity index (χ3n) is 6.16. The minimum atomic E-state index is -1.13. The molecular weight excluding hydrogens is 482 g/mol. The van der Waals surface area contributed by atoms with E-state index >= 15 is 0 Å². The van der Waals surface area contributed by atoms with Crippen molar-refractivity contribution < 1.29 is 24.2 Å². The minimum Gasteiger partial charge on any atom is -0.491 e. The van der Waals surface area contributed by atoms with Gasteiger partial charge in [-0.1, -0.05) is 76.0 Å². The number of carbonyl (C=O) groups excluding carboxylic acids is 2. The largest absolute Gasteiger partial charge is 0.491 e. The number of halogens is 1. The zero-order valence-corrected chi connectivity index (χ0v) is 21.9. The fraction of sp³-hybridized carbons (Fsp3) is 0.444. The molecular formula is C27H36ClN3O5. The molecule has 0 radical (unpaired) electrons. The first kappa shape index (κ1) is 29.1. The Balaban J connectivity index is 2.30. The van der Waals surface area contributed by atoms with Gasteiger partial charge in [-0.05, 0) is 35.6 Å². The highest BCUT2D eigenvalue weighted by Crippen LogP contribution is 2.24. The first-order valence-corrected chi connectivity index (χ1v) is 12.5. The number of aliphatic carboxylic acids is 1. The van der Waals surface area contributed by atoms with Crippen molar-refractivity contribution in [3.05, 3.63) is 64.7 Å². The van der Waals surface area contributed by atoms with Crippen LogP contribution in [0.3, 0.4) is 0 Å². The van der Waals surface area contributed by atoms with Crippen LogP contribution in [0.15, 0.2) is 48.5 Å². The highest BCUT2D eigenvalue weighted by atomic mass is 35.5. The number of nitrogens with two attached hydrogens (primary N) is 1. The summed E-state index contributed by atoms with van der Waals surface area (Å²) in [6.07, 6.45) is 0.740. The number of benzene rings is 2. The molecule has 36 heavy (non-hydrogen) atoms. The molecule has 9 heteroatoms. The van der Waals surface area contributed by atoms with Gasteiger partial charge in [0, 0.05) is 17.5 Å². The van der Waals surface area contributed by atoms with E-state index in [9.17, 15) is 19.5 Å². The molecule has 4 atom stereocenters. The summed E-state index contributed by atoms with van der Waals surface area (Å²) in [6, 6.07) is 11.4. The number of hydrogen-bond donors (Lipinski definition) is 4. The first-order chi connectivity index (χ1) is 17.0. The van der Waals surface area contributed by atoms with Gasteiger partial charge in [-0.25, -0.2) is 4.79 Å². The highest BCUT2D eigenvalue weighted by Gasteiger charge is 2.30. The van der Waals surface area contributed by atoms with E-state index in [1.165, 1.54) is 12.1 Å². The number of rotatable bonds is 13. The second-order valence-electron chi connectivity index (χ2n) is 9.29. The highest BCUT2D eigenvalue weighted by molar-refractivity contribution is 6.30. The van der Waals surface area contributed by atoms with E-state index in [2.05, 4.69) is 10.6 Å². The van der Waals surface area contributed by atoms with Gasteiger partial charge in [0.25, 0.3) is 5.91 Å². The zero-order valence-electron chi connectivity index (χ0n) is 21.2. The topological polar surface area (TPSA) is 131 Å². The Bertz CT molecular complexity index is 1030. The molecule has 2 aromatic carbocycles. The van der Waals surface area contributed by atoms with Crippen molar-refractivity contribution in [1.82, 2.24) is 10.6 Å². The smallest absolute Gasteiger partial charge is 0.326 e. The van der Waals surface area contributed by atoms with Gasteiger partial charge in [-0.15, -0.1) is 0 Å². The molecule has 8 nitrogen and oxygen atoms in total. The Morgan fingerprint density at radius 3 is 2.31 bits per heavy atom. The second-order valence-corrected chi connectivity index (χ2v) is 9.72. The summed E-state index contributed by atoms with van der Waals surface area (Å²) in [5.74, 6) is -2.13. The molecule has 5 N–H and O–H groups in total. The van der Waals surface area contributed by atoms with E-state index < -0.39 is 29.9 Å². The summed E-state index contributed by atoms with van der Waals surface area (Å²) in [7, 11) is 0. The van der Waals surface area contributed by atoms with E-state index in [1.807, 2.05) is 51.1 Å². The molecule has 2 amide bonds. The lowest BCUT2D eigenvalue weighted by atomic mass is 9.98. The maximum absolute atomic E-state index is 13.3. The van der Waals surface area contributed by atoms with Crippen LogP contribution in [0, 0.1) is 11.8 Å². The van der Waals surface area contributed by atoms with Crippen molar-refractivity contribution in [1.29, 1.82) is 0 Å². The molecule has 196 valence electrons. The summed E-state index contributed by atoms with van der Waals surface area (Å²) >= 11 is 6.13.